The Morgan fingerprint density at radius 1 is 0.882 bits per heavy atom. The zero-order valence-corrected chi connectivity index (χ0v) is 9.93. The van der Waals surface area contributed by atoms with Gasteiger partial charge in [-0.25, -0.2) is 0 Å². The lowest BCUT2D eigenvalue weighted by atomic mass is 10.1. The van der Waals surface area contributed by atoms with Crippen LogP contribution in [0.25, 0.3) is 0 Å². The number of benzene rings is 2. The first-order valence-electron chi connectivity index (χ1n) is 5.94. The maximum absolute atomic E-state index is 5.85. The minimum atomic E-state index is 0.620. The molecular weight excluding hydrogens is 208 g/mol. The van der Waals surface area contributed by atoms with E-state index in [1.54, 1.807) is 0 Å². The Hall–Kier alpha value is -1.76. The molecule has 0 unspecified atom stereocenters. The second kappa shape index (κ2) is 6.09. The monoisotopic (exact) mass is 225 g/mol. The predicted molar refractivity (Wildman–Crippen MR) is 70.9 cm³/mol. The molecule has 0 heterocycles. The molecule has 2 aromatic rings. The van der Waals surface area contributed by atoms with Crippen LogP contribution in [0, 0.1) is 6.92 Å². The van der Waals surface area contributed by atoms with Crippen LogP contribution in [0.3, 0.4) is 0 Å². The van der Waals surface area contributed by atoms with Gasteiger partial charge in [0.15, 0.2) is 0 Å². The van der Waals surface area contributed by atoms with Gasteiger partial charge in [0, 0.05) is 0 Å². The molecule has 0 N–H and O–H groups in total. The second-order valence-electron chi connectivity index (χ2n) is 3.99. The van der Waals surface area contributed by atoms with Gasteiger partial charge in [-0.1, -0.05) is 55.5 Å². The Balaban J connectivity index is 2.03. The Labute approximate surface area is 103 Å². The molecule has 1 nitrogen and oxygen atoms in total. The third-order valence-electron chi connectivity index (χ3n) is 2.66. The van der Waals surface area contributed by atoms with Gasteiger partial charge in [-0.15, -0.1) is 0 Å². The van der Waals surface area contributed by atoms with Gasteiger partial charge in [0.05, 0.1) is 0 Å². The topological polar surface area (TPSA) is 9.23 Å². The predicted octanol–water partition coefficient (Wildman–Crippen LogP) is 4.03. The first-order valence-corrected chi connectivity index (χ1v) is 5.94. The molecule has 0 aliphatic heterocycles. The van der Waals surface area contributed by atoms with Crippen LogP contribution in [0.15, 0.2) is 54.6 Å². The molecular formula is C16H17O. The van der Waals surface area contributed by atoms with Crippen LogP contribution in [0.1, 0.15) is 17.5 Å². The Morgan fingerprint density at radius 3 is 2.35 bits per heavy atom. The van der Waals surface area contributed by atoms with Gasteiger partial charge in [0.25, 0.3) is 0 Å². The van der Waals surface area contributed by atoms with Gasteiger partial charge in [-0.2, -0.15) is 0 Å². The van der Waals surface area contributed by atoms with E-state index < -0.39 is 0 Å². The van der Waals surface area contributed by atoms with Crippen molar-refractivity contribution in [1.82, 2.24) is 0 Å². The number of hydrogen-bond donors (Lipinski definition) is 0. The van der Waals surface area contributed by atoms with Crippen molar-refractivity contribution in [2.24, 2.45) is 0 Å². The Kier molecular flexibility index (Phi) is 4.20. The summed E-state index contributed by atoms with van der Waals surface area (Å²) in [6, 6.07) is 18.4. The molecule has 1 radical (unpaired) electrons. The minimum absolute atomic E-state index is 0.620. The summed E-state index contributed by atoms with van der Waals surface area (Å²) in [5.41, 5.74) is 2.43. The zero-order chi connectivity index (χ0) is 11.9. The normalized spacial score (nSPS) is 10.2. The van der Waals surface area contributed by atoms with Gasteiger partial charge in [0.2, 0.25) is 0 Å². The molecule has 0 saturated heterocycles. The molecule has 2 rings (SSSR count). The van der Waals surface area contributed by atoms with Crippen molar-refractivity contribution in [3.05, 3.63) is 72.6 Å². The van der Waals surface area contributed by atoms with Crippen molar-refractivity contribution >= 4 is 0 Å². The van der Waals surface area contributed by atoms with Crippen LogP contribution < -0.4 is 4.74 Å². The molecule has 0 aliphatic carbocycles. The maximum Gasteiger partial charge on any atom is 0.122 e. The third kappa shape index (κ3) is 3.35. The van der Waals surface area contributed by atoms with Crippen molar-refractivity contribution in [1.29, 1.82) is 0 Å². The highest BCUT2D eigenvalue weighted by molar-refractivity contribution is 5.33. The Bertz CT molecular complexity index is 448. The van der Waals surface area contributed by atoms with Crippen LogP contribution in [-0.2, 0) is 13.0 Å². The quantitative estimate of drug-likeness (QED) is 0.746. The molecule has 0 saturated carbocycles. The number of hydrogen-bond acceptors (Lipinski definition) is 1. The van der Waals surface area contributed by atoms with Gasteiger partial charge < -0.3 is 4.74 Å². The number of para-hydroxylation sites is 1. The van der Waals surface area contributed by atoms with Crippen molar-refractivity contribution in [2.45, 2.75) is 19.4 Å². The van der Waals surface area contributed by atoms with E-state index in [2.05, 4.69) is 25.1 Å². The largest absolute Gasteiger partial charge is 0.489 e. The van der Waals surface area contributed by atoms with Crippen molar-refractivity contribution in [3.8, 4) is 5.75 Å². The average Bonchev–Trinajstić information content (AvgIpc) is 2.39. The van der Waals surface area contributed by atoms with E-state index in [0.717, 1.165) is 18.6 Å². The SMILES string of the molecule is [CH2]CCc1ccccc1OCc1ccccc1. The lowest BCUT2D eigenvalue weighted by Crippen LogP contribution is -1.98. The summed E-state index contributed by atoms with van der Waals surface area (Å²) in [6.45, 7) is 4.50. The van der Waals surface area contributed by atoms with E-state index >= 15 is 0 Å². The average molecular weight is 225 g/mol. The zero-order valence-electron chi connectivity index (χ0n) is 9.93. The molecule has 0 fully saturated rings. The fourth-order valence-corrected chi connectivity index (χ4v) is 1.78. The minimum Gasteiger partial charge on any atom is -0.489 e. The van der Waals surface area contributed by atoms with Crippen molar-refractivity contribution < 1.29 is 4.74 Å². The molecule has 2 aromatic carbocycles. The highest BCUT2D eigenvalue weighted by Gasteiger charge is 2.01. The highest BCUT2D eigenvalue weighted by atomic mass is 16.5. The summed E-state index contributed by atoms with van der Waals surface area (Å²) < 4.78 is 5.85. The van der Waals surface area contributed by atoms with E-state index in [0.29, 0.717) is 6.61 Å². The molecule has 0 bridgehead atoms. The molecule has 0 atom stereocenters. The lowest BCUT2D eigenvalue weighted by Gasteiger charge is -2.10. The van der Waals surface area contributed by atoms with E-state index in [1.165, 1.54) is 11.1 Å². The van der Waals surface area contributed by atoms with Crippen LogP contribution in [0.4, 0.5) is 0 Å². The van der Waals surface area contributed by atoms with E-state index in [-0.39, 0.29) is 0 Å². The fraction of sp³-hybridized carbons (Fsp3) is 0.188. The van der Waals surface area contributed by atoms with Gasteiger partial charge in [-0.05, 0) is 30.0 Å². The summed E-state index contributed by atoms with van der Waals surface area (Å²) in [6.07, 6.45) is 1.86. The molecule has 0 aromatic heterocycles. The molecule has 0 amide bonds. The third-order valence-corrected chi connectivity index (χ3v) is 2.66. The summed E-state index contributed by atoms with van der Waals surface area (Å²) >= 11 is 0. The van der Waals surface area contributed by atoms with Gasteiger partial charge in [-0.3, -0.25) is 0 Å². The standard InChI is InChI=1S/C16H17O/c1-2-8-15-11-6-7-12-16(15)17-13-14-9-4-3-5-10-14/h3-7,9-12H,1-2,8,13H2. The van der Waals surface area contributed by atoms with Crippen LogP contribution in [0.5, 0.6) is 5.75 Å². The first-order chi connectivity index (χ1) is 8.40. The van der Waals surface area contributed by atoms with Crippen LogP contribution in [-0.4, -0.2) is 0 Å². The van der Waals surface area contributed by atoms with Crippen LogP contribution >= 0.6 is 0 Å². The van der Waals surface area contributed by atoms with Crippen molar-refractivity contribution in [3.63, 3.8) is 0 Å². The maximum atomic E-state index is 5.85. The van der Waals surface area contributed by atoms with E-state index in [4.69, 9.17) is 4.74 Å². The first kappa shape index (κ1) is 11.7. The van der Waals surface area contributed by atoms with Crippen LogP contribution in [0.2, 0.25) is 0 Å². The summed E-state index contributed by atoms with van der Waals surface area (Å²) in [4.78, 5) is 0. The smallest absolute Gasteiger partial charge is 0.122 e. The molecule has 17 heavy (non-hydrogen) atoms. The Morgan fingerprint density at radius 2 is 1.59 bits per heavy atom. The molecule has 0 aliphatic rings. The number of ether oxygens (including phenoxy) is 1. The summed E-state index contributed by atoms with van der Waals surface area (Å²) in [5, 5.41) is 0. The molecule has 1 heteroatoms. The van der Waals surface area contributed by atoms with E-state index in [9.17, 15) is 0 Å². The summed E-state index contributed by atoms with van der Waals surface area (Å²) in [7, 11) is 0. The fourth-order valence-electron chi connectivity index (χ4n) is 1.78. The highest BCUT2D eigenvalue weighted by Crippen LogP contribution is 2.20. The van der Waals surface area contributed by atoms with Gasteiger partial charge in [0.1, 0.15) is 12.4 Å². The molecule has 0 spiro atoms. The summed E-state index contributed by atoms with van der Waals surface area (Å²) in [5.74, 6) is 0.972. The van der Waals surface area contributed by atoms with Gasteiger partial charge >= 0.3 is 0 Å². The number of rotatable bonds is 5. The van der Waals surface area contributed by atoms with Crippen molar-refractivity contribution in [2.75, 3.05) is 0 Å². The second-order valence-corrected chi connectivity index (χ2v) is 3.99. The van der Waals surface area contributed by atoms with E-state index in [1.807, 2.05) is 36.4 Å². The molecule has 87 valence electrons. The lowest BCUT2D eigenvalue weighted by molar-refractivity contribution is 0.303. The number of aryl methyl sites for hydroxylation is 1.